The standard InChI is InChI=1S/C15H24FN3/c1-19(2)15(10-6-3-7-11-15)14(18-17)12-8-4-5-9-13(12)16/h4-5,8-9,14,18H,3,6-7,10-11,17H2,1-2H3. The summed E-state index contributed by atoms with van der Waals surface area (Å²) < 4.78 is 14.1. The highest BCUT2D eigenvalue weighted by atomic mass is 19.1. The van der Waals surface area contributed by atoms with E-state index in [2.05, 4.69) is 24.4 Å². The van der Waals surface area contributed by atoms with Gasteiger partial charge in [-0.25, -0.2) is 4.39 Å². The lowest BCUT2D eigenvalue weighted by molar-refractivity contribution is 0.0550. The maximum Gasteiger partial charge on any atom is 0.128 e. The first-order valence-electron chi connectivity index (χ1n) is 7.00. The van der Waals surface area contributed by atoms with Crippen LogP contribution in [0.25, 0.3) is 0 Å². The Balaban J connectivity index is 2.40. The molecule has 3 N–H and O–H groups in total. The summed E-state index contributed by atoms with van der Waals surface area (Å²) >= 11 is 0. The fraction of sp³-hybridized carbons (Fsp3) is 0.600. The third kappa shape index (κ3) is 2.66. The van der Waals surface area contributed by atoms with Crippen molar-refractivity contribution in [1.29, 1.82) is 0 Å². The Hall–Kier alpha value is -0.970. The molecule has 0 aromatic heterocycles. The van der Waals surface area contributed by atoms with Gasteiger partial charge in [-0.3, -0.25) is 11.3 Å². The SMILES string of the molecule is CN(C)C1(C(NN)c2ccccc2F)CCCCC1. The van der Waals surface area contributed by atoms with Crippen molar-refractivity contribution in [2.75, 3.05) is 14.1 Å². The van der Waals surface area contributed by atoms with Gasteiger partial charge in [0.05, 0.1) is 6.04 Å². The topological polar surface area (TPSA) is 41.3 Å². The lowest BCUT2D eigenvalue weighted by Gasteiger charge is -2.48. The molecule has 0 aliphatic heterocycles. The van der Waals surface area contributed by atoms with Gasteiger partial charge in [-0.2, -0.15) is 0 Å². The third-order valence-electron chi connectivity index (χ3n) is 4.53. The van der Waals surface area contributed by atoms with Gasteiger partial charge in [0.1, 0.15) is 5.82 Å². The highest BCUT2D eigenvalue weighted by molar-refractivity contribution is 5.25. The molecule has 0 saturated heterocycles. The highest BCUT2D eigenvalue weighted by Gasteiger charge is 2.42. The number of hydrogen-bond acceptors (Lipinski definition) is 3. The summed E-state index contributed by atoms with van der Waals surface area (Å²) in [4.78, 5) is 2.21. The van der Waals surface area contributed by atoms with Crippen LogP contribution >= 0.6 is 0 Å². The Morgan fingerprint density at radius 1 is 1.21 bits per heavy atom. The number of likely N-dealkylation sites (N-methyl/N-ethyl adjacent to an activating group) is 1. The van der Waals surface area contributed by atoms with E-state index >= 15 is 0 Å². The fourth-order valence-corrected chi connectivity index (χ4v) is 3.40. The monoisotopic (exact) mass is 265 g/mol. The summed E-state index contributed by atoms with van der Waals surface area (Å²) in [5.41, 5.74) is 3.43. The molecule has 0 radical (unpaired) electrons. The smallest absolute Gasteiger partial charge is 0.128 e. The fourth-order valence-electron chi connectivity index (χ4n) is 3.40. The van der Waals surface area contributed by atoms with E-state index in [1.165, 1.54) is 25.3 Å². The molecular weight excluding hydrogens is 241 g/mol. The Morgan fingerprint density at radius 3 is 2.37 bits per heavy atom. The van der Waals surface area contributed by atoms with Crippen molar-refractivity contribution in [2.24, 2.45) is 5.84 Å². The molecule has 0 heterocycles. The van der Waals surface area contributed by atoms with Crippen LogP contribution in [-0.2, 0) is 0 Å². The van der Waals surface area contributed by atoms with E-state index in [1.807, 2.05) is 12.1 Å². The van der Waals surface area contributed by atoms with Gasteiger partial charge in [0.25, 0.3) is 0 Å². The zero-order chi connectivity index (χ0) is 13.9. The van der Waals surface area contributed by atoms with Crippen LogP contribution < -0.4 is 11.3 Å². The Bertz CT molecular complexity index is 414. The van der Waals surface area contributed by atoms with E-state index in [-0.39, 0.29) is 17.4 Å². The van der Waals surface area contributed by atoms with Gasteiger partial charge in [0.15, 0.2) is 0 Å². The maximum atomic E-state index is 14.1. The van der Waals surface area contributed by atoms with E-state index < -0.39 is 0 Å². The molecule has 4 heteroatoms. The van der Waals surface area contributed by atoms with E-state index in [9.17, 15) is 4.39 Å². The summed E-state index contributed by atoms with van der Waals surface area (Å²) in [6, 6.07) is 6.75. The first-order chi connectivity index (χ1) is 9.12. The summed E-state index contributed by atoms with van der Waals surface area (Å²) in [6.07, 6.45) is 5.69. The van der Waals surface area contributed by atoms with Crippen LogP contribution in [0.3, 0.4) is 0 Å². The average molecular weight is 265 g/mol. The second-order valence-corrected chi connectivity index (χ2v) is 5.68. The summed E-state index contributed by atoms with van der Waals surface area (Å²) in [6.45, 7) is 0. The van der Waals surface area contributed by atoms with Crippen molar-refractivity contribution < 1.29 is 4.39 Å². The van der Waals surface area contributed by atoms with Gasteiger partial charge in [-0.15, -0.1) is 0 Å². The van der Waals surface area contributed by atoms with Crippen molar-refractivity contribution in [3.63, 3.8) is 0 Å². The van der Waals surface area contributed by atoms with Crippen LogP contribution in [0.2, 0.25) is 0 Å². The quantitative estimate of drug-likeness (QED) is 0.649. The minimum atomic E-state index is -0.183. The van der Waals surface area contributed by atoms with Gasteiger partial charge in [0.2, 0.25) is 0 Å². The van der Waals surface area contributed by atoms with Crippen molar-refractivity contribution in [3.8, 4) is 0 Å². The highest BCUT2D eigenvalue weighted by Crippen LogP contribution is 2.42. The van der Waals surface area contributed by atoms with E-state index in [4.69, 9.17) is 5.84 Å². The lowest BCUT2D eigenvalue weighted by Crippen LogP contribution is -2.56. The first kappa shape index (κ1) is 14.4. The van der Waals surface area contributed by atoms with Crippen molar-refractivity contribution in [2.45, 2.75) is 43.7 Å². The minimum absolute atomic E-state index is 0.102. The molecule has 1 fully saturated rings. The molecule has 3 nitrogen and oxygen atoms in total. The second-order valence-electron chi connectivity index (χ2n) is 5.68. The summed E-state index contributed by atoms with van der Waals surface area (Å²) in [7, 11) is 4.13. The van der Waals surface area contributed by atoms with Crippen molar-refractivity contribution in [1.82, 2.24) is 10.3 Å². The molecule has 1 aromatic carbocycles. The van der Waals surface area contributed by atoms with E-state index in [0.717, 1.165) is 12.8 Å². The predicted octanol–water partition coefficient (Wildman–Crippen LogP) is 2.59. The first-order valence-corrected chi connectivity index (χ1v) is 7.00. The minimum Gasteiger partial charge on any atom is -0.302 e. The molecule has 1 saturated carbocycles. The van der Waals surface area contributed by atoms with Crippen molar-refractivity contribution in [3.05, 3.63) is 35.6 Å². The van der Waals surface area contributed by atoms with Crippen molar-refractivity contribution >= 4 is 0 Å². The molecule has 1 aromatic rings. The van der Waals surface area contributed by atoms with Gasteiger partial charge in [-0.05, 0) is 33.0 Å². The van der Waals surface area contributed by atoms with E-state index in [0.29, 0.717) is 5.56 Å². The predicted molar refractivity (Wildman–Crippen MR) is 76.0 cm³/mol. The Morgan fingerprint density at radius 2 is 1.84 bits per heavy atom. The number of halogens is 1. The molecule has 1 aliphatic rings. The number of nitrogens with one attached hydrogen (secondary N) is 1. The van der Waals surface area contributed by atoms with Gasteiger partial charge in [-0.1, -0.05) is 37.5 Å². The molecule has 1 aliphatic carbocycles. The number of nitrogens with zero attached hydrogens (tertiary/aromatic N) is 1. The maximum absolute atomic E-state index is 14.1. The van der Waals surface area contributed by atoms with E-state index in [1.54, 1.807) is 6.07 Å². The number of hydrogen-bond donors (Lipinski definition) is 2. The van der Waals surface area contributed by atoms with Gasteiger partial charge < -0.3 is 4.90 Å². The van der Waals surface area contributed by atoms with Crippen LogP contribution in [0.4, 0.5) is 4.39 Å². The molecule has 106 valence electrons. The molecule has 2 rings (SSSR count). The lowest BCUT2D eigenvalue weighted by atomic mass is 9.73. The van der Waals surface area contributed by atoms with Crippen LogP contribution in [0.5, 0.6) is 0 Å². The Kier molecular flexibility index (Phi) is 4.55. The third-order valence-corrected chi connectivity index (χ3v) is 4.53. The molecular formula is C15H24FN3. The zero-order valence-electron chi connectivity index (χ0n) is 11.8. The summed E-state index contributed by atoms with van der Waals surface area (Å²) in [5, 5.41) is 0. The van der Waals surface area contributed by atoms with Crippen LogP contribution in [0, 0.1) is 5.82 Å². The van der Waals surface area contributed by atoms with Crippen LogP contribution in [-0.4, -0.2) is 24.5 Å². The molecule has 19 heavy (non-hydrogen) atoms. The average Bonchev–Trinajstić information content (AvgIpc) is 2.42. The number of hydrazine groups is 1. The van der Waals surface area contributed by atoms with Gasteiger partial charge >= 0.3 is 0 Å². The largest absolute Gasteiger partial charge is 0.302 e. The zero-order valence-corrected chi connectivity index (χ0v) is 11.8. The van der Waals surface area contributed by atoms with Gasteiger partial charge in [0, 0.05) is 11.1 Å². The second kappa shape index (κ2) is 5.99. The molecule has 0 spiro atoms. The molecule has 0 bridgehead atoms. The number of benzene rings is 1. The molecule has 1 unspecified atom stereocenters. The van der Waals surface area contributed by atoms with Crippen LogP contribution in [0.1, 0.15) is 43.7 Å². The molecule has 0 amide bonds. The molecule has 1 atom stereocenters. The van der Waals surface area contributed by atoms with Crippen LogP contribution in [0.15, 0.2) is 24.3 Å². The number of nitrogens with two attached hydrogens (primary N) is 1. The number of rotatable bonds is 4. The summed E-state index contributed by atoms with van der Waals surface area (Å²) in [5.74, 6) is 5.60. The Labute approximate surface area is 114 Å². The normalized spacial score (nSPS) is 20.5.